The smallest absolute Gasteiger partial charge is 0.132 e. The van der Waals surface area contributed by atoms with Gasteiger partial charge in [-0.15, -0.1) is 0 Å². The number of anilines is 1. The fourth-order valence-corrected chi connectivity index (χ4v) is 2.53. The van der Waals surface area contributed by atoms with E-state index in [0.717, 1.165) is 26.1 Å². The lowest BCUT2D eigenvalue weighted by atomic mass is 10.1. The van der Waals surface area contributed by atoms with Crippen molar-refractivity contribution in [1.82, 2.24) is 0 Å². The Morgan fingerprint density at radius 3 is 2.38 bits per heavy atom. The molecule has 0 radical (unpaired) electrons. The topological polar surface area (TPSA) is 21.3 Å². The molecule has 0 heterocycles. The van der Waals surface area contributed by atoms with Gasteiger partial charge >= 0.3 is 0 Å². The number of benzene rings is 2. The summed E-state index contributed by atoms with van der Waals surface area (Å²) in [6.45, 7) is -0.372. The van der Waals surface area contributed by atoms with E-state index in [9.17, 15) is 4.39 Å². The highest BCUT2D eigenvalue weighted by Gasteiger charge is 2.01. The first kappa shape index (κ1) is 15.8. The van der Waals surface area contributed by atoms with Crippen molar-refractivity contribution in [3.8, 4) is 5.75 Å². The summed E-state index contributed by atoms with van der Waals surface area (Å²) in [5.74, 6) is 0.726. The van der Waals surface area contributed by atoms with Crippen LogP contribution in [0.2, 0.25) is 0 Å². The molecule has 0 aliphatic heterocycles. The van der Waals surface area contributed by atoms with Crippen LogP contribution >= 0.6 is 22.6 Å². The Labute approximate surface area is 138 Å². The van der Waals surface area contributed by atoms with Crippen LogP contribution in [0.1, 0.15) is 11.1 Å². The maximum Gasteiger partial charge on any atom is 0.132 e. The van der Waals surface area contributed by atoms with Crippen LogP contribution in [-0.2, 0) is 0 Å². The molecule has 0 bridgehead atoms. The lowest BCUT2D eigenvalue weighted by Crippen LogP contribution is -2.00. The van der Waals surface area contributed by atoms with Gasteiger partial charge in [-0.1, -0.05) is 30.4 Å². The van der Waals surface area contributed by atoms with E-state index >= 15 is 0 Å². The van der Waals surface area contributed by atoms with Crippen molar-refractivity contribution in [1.29, 1.82) is 0 Å². The van der Waals surface area contributed by atoms with E-state index in [-0.39, 0.29) is 6.61 Å². The monoisotopic (exact) mass is 397 g/mol. The maximum atomic E-state index is 12.1. The third kappa shape index (κ3) is 4.74. The third-order valence-corrected chi connectivity index (χ3v) is 3.80. The summed E-state index contributed by atoms with van der Waals surface area (Å²) in [7, 11) is 1.90. The zero-order valence-electron chi connectivity index (χ0n) is 11.8. The van der Waals surface area contributed by atoms with Gasteiger partial charge in [0.2, 0.25) is 0 Å². The van der Waals surface area contributed by atoms with Crippen LogP contribution in [-0.4, -0.2) is 20.3 Å². The minimum Gasteiger partial charge on any atom is -0.490 e. The SMILES string of the molecule is CNc1ccc(/C=C/c2ccc(OCCF)c(I)c2)cc1. The van der Waals surface area contributed by atoms with Crippen LogP contribution < -0.4 is 10.1 Å². The molecule has 4 heteroatoms. The second kappa shape index (κ2) is 8.02. The number of alkyl halides is 1. The van der Waals surface area contributed by atoms with Gasteiger partial charge < -0.3 is 10.1 Å². The summed E-state index contributed by atoms with van der Waals surface area (Å²) in [5, 5.41) is 3.09. The van der Waals surface area contributed by atoms with Crippen LogP contribution in [0.5, 0.6) is 5.75 Å². The van der Waals surface area contributed by atoms with Crippen molar-refractivity contribution < 1.29 is 9.13 Å². The summed E-state index contributed by atoms with van der Waals surface area (Å²) < 4.78 is 18.4. The van der Waals surface area contributed by atoms with E-state index in [1.54, 1.807) is 0 Å². The summed E-state index contributed by atoms with van der Waals surface area (Å²) >= 11 is 2.20. The molecule has 2 rings (SSSR count). The van der Waals surface area contributed by atoms with Crippen LogP contribution in [0.3, 0.4) is 0 Å². The lowest BCUT2D eigenvalue weighted by molar-refractivity contribution is 0.271. The highest BCUT2D eigenvalue weighted by molar-refractivity contribution is 14.1. The molecule has 0 unspecified atom stereocenters. The number of ether oxygens (including phenoxy) is 1. The highest BCUT2D eigenvalue weighted by Crippen LogP contribution is 2.23. The molecule has 1 N–H and O–H groups in total. The Hall–Kier alpha value is -1.56. The second-order valence-corrected chi connectivity index (χ2v) is 5.59. The zero-order chi connectivity index (χ0) is 15.1. The molecular weight excluding hydrogens is 380 g/mol. The van der Waals surface area contributed by atoms with Gasteiger partial charge in [0.25, 0.3) is 0 Å². The average Bonchev–Trinajstić information content (AvgIpc) is 2.52. The van der Waals surface area contributed by atoms with Crippen molar-refractivity contribution >= 4 is 40.4 Å². The molecule has 0 fully saturated rings. The predicted molar refractivity (Wildman–Crippen MR) is 95.5 cm³/mol. The van der Waals surface area contributed by atoms with Gasteiger partial charge in [0.05, 0.1) is 3.57 Å². The summed E-state index contributed by atoms with van der Waals surface area (Å²) in [6, 6.07) is 14.1. The molecule has 2 aromatic carbocycles. The van der Waals surface area contributed by atoms with E-state index < -0.39 is 6.67 Å². The minimum absolute atomic E-state index is 0.100. The highest BCUT2D eigenvalue weighted by atomic mass is 127. The normalized spacial score (nSPS) is 10.8. The first-order chi connectivity index (χ1) is 10.2. The van der Waals surface area contributed by atoms with E-state index in [2.05, 4.69) is 52.2 Å². The van der Waals surface area contributed by atoms with Crippen molar-refractivity contribution in [3.05, 3.63) is 57.2 Å². The summed E-state index contributed by atoms with van der Waals surface area (Å²) in [5.41, 5.74) is 3.32. The van der Waals surface area contributed by atoms with Gasteiger partial charge in [-0.25, -0.2) is 4.39 Å². The number of rotatable bonds is 6. The predicted octanol–water partition coefficient (Wildman–Crippen LogP) is 4.85. The van der Waals surface area contributed by atoms with Crippen molar-refractivity contribution in [2.75, 3.05) is 25.6 Å². The van der Waals surface area contributed by atoms with Crippen LogP contribution in [0.25, 0.3) is 12.2 Å². The van der Waals surface area contributed by atoms with Gasteiger partial charge in [-0.05, 0) is 58.0 Å². The molecule has 2 nitrogen and oxygen atoms in total. The minimum atomic E-state index is -0.472. The molecule has 0 saturated heterocycles. The van der Waals surface area contributed by atoms with E-state index in [4.69, 9.17) is 4.74 Å². The molecule has 0 atom stereocenters. The molecule has 0 aliphatic carbocycles. The zero-order valence-corrected chi connectivity index (χ0v) is 13.9. The van der Waals surface area contributed by atoms with E-state index in [1.165, 1.54) is 0 Å². The molecule has 21 heavy (non-hydrogen) atoms. The molecule has 110 valence electrons. The number of halogens is 2. The number of hydrogen-bond acceptors (Lipinski definition) is 2. The molecule has 0 amide bonds. The van der Waals surface area contributed by atoms with Gasteiger partial charge in [0.1, 0.15) is 19.0 Å². The van der Waals surface area contributed by atoms with E-state index in [0.29, 0.717) is 0 Å². The average molecular weight is 397 g/mol. The van der Waals surface area contributed by atoms with Gasteiger partial charge in [-0.2, -0.15) is 0 Å². The van der Waals surface area contributed by atoms with Gasteiger partial charge in [0, 0.05) is 12.7 Å². The maximum absolute atomic E-state index is 12.1. The van der Waals surface area contributed by atoms with Crippen molar-refractivity contribution in [3.63, 3.8) is 0 Å². The van der Waals surface area contributed by atoms with Crippen LogP contribution in [0, 0.1) is 3.57 Å². The summed E-state index contributed by atoms with van der Waals surface area (Å²) in [4.78, 5) is 0. The Morgan fingerprint density at radius 2 is 1.76 bits per heavy atom. The lowest BCUT2D eigenvalue weighted by Gasteiger charge is -2.06. The van der Waals surface area contributed by atoms with Crippen molar-refractivity contribution in [2.24, 2.45) is 0 Å². The standard InChI is InChI=1S/C17H17FINO/c1-20-15-7-4-13(5-8-15)2-3-14-6-9-17(16(19)12-14)21-11-10-18/h2-9,12,20H,10-11H2,1H3/b3-2+. The number of hydrogen-bond donors (Lipinski definition) is 1. The van der Waals surface area contributed by atoms with Crippen LogP contribution in [0.4, 0.5) is 10.1 Å². The second-order valence-electron chi connectivity index (χ2n) is 4.43. The third-order valence-electron chi connectivity index (χ3n) is 2.96. The Morgan fingerprint density at radius 1 is 1.10 bits per heavy atom. The van der Waals surface area contributed by atoms with Crippen molar-refractivity contribution in [2.45, 2.75) is 0 Å². The molecule has 0 spiro atoms. The number of nitrogens with one attached hydrogen (secondary N) is 1. The molecule has 0 aliphatic rings. The fraction of sp³-hybridized carbons (Fsp3) is 0.176. The molecule has 0 aromatic heterocycles. The van der Waals surface area contributed by atoms with Gasteiger partial charge in [0.15, 0.2) is 0 Å². The molecule has 2 aromatic rings. The quantitative estimate of drug-likeness (QED) is 0.556. The largest absolute Gasteiger partial charge is 0.490 e. The first-order valence-corrected chi connectivity index (χ1v) is 7.75. The van der Waals surface area contributed by atoms with Gasteiger partial charge in [-0.3, -0.25) is 0 Å². The molecule has 0 saturated carbocycles. The molecular formula is C17H17FINO. The first-order valence-electron chi connectivity index (χ1n) is 6.67. The fourth-order valence-electron chi connectivity index (χ4n) is 1.84. The Balaban J connectivity index is 2.07. The van der Waals surface area contributed by atoms with E-state index in [1.807, 2.05) is 37.4 Å². The Bertz CT molecular complexity index is 611. The Kier molecular flexibility index (Phi) is 6.04. The summed E-state index contributed by atoms with van der Waals surface area (Å²) in [6.07, 6.45) is 4.11. The van der Waals surface area contributed by atoms with Crippen LogP contribution in [0.15, 0.2) is 42.5 Å².